The molecule has 0 aliphatic rings. The SMILES string of the molecule is CCCCCCOc1ccc(C(=O)NC(=S)NNC(=O)COc2ccc(C(C)(C)C)cc2Br)cc1Br. The second kappa shape index (κ2) is 14.5. The Bertz CT molecular complexity index is 1070. The molecule has 0 aromatic heterocycles. The van der Waals surface area contributed by atoms with Crippen LogP contribution in [0.5, 0.6) is 11.5 Å². The van der Waals surface area contributed by atoms with Crippen molar-refractivity contribution < 1.29 is 19.1 Å². The number of unbranched alkanes of at least 4 members (excludes halogenated alkanes) is 3. The van der Waals surface area contributed by atoms with Gasteiger partial charge in [0, 0.05) is 5.56 Å². The number of benzene rings is 2. The molecule has 0 saturated carbocycles. The maximum Gasteiger partial charge on any atom is 0.276 e. The van der Waals surface area contributed by atoms with Crippen LogP contribution in [-0.2, 0) is 10.2 Å². The Morgan fingerprint density at radius 3 is 2.22 bits per heavy atom. The summed E-state index contributed by atoms with van der Waals surface area (Å²) in [5, 5.41) is 2.48. The molecule has 0 aliphatic carbocycles. The highest BCUT2D eigenvalue weighted by Gasteiger charge is 2.16. The Morgan fingerprint density at radius 2 is 1.58 bits per heavy atom. The van der Waals surface area contributed by atoms with Gasteiger partial charge in [0.1, 0.15) is 11.5 Å². The van der Waals surface area contributed by atoms with E-state index in [1.807, 2.05) is 18.2 Å². The van der Waals surface area contributed by atoms with Crippen molar-refractivity contribution >= 4 is 61.0 Å². The highest BCUT2D eigenvalue weighted by molar-refractivity contribution is 9.10. The van der Waals surface area contributed by atoms with E-state index >= 15 is 0 Å². The summed E-state index contributed by atoms with van der Waals surface area (Å²) in [7, 11) is 0. The number of halogens is 2. The number of carbonyl (C=O) groups excluding carboxylic acids is 2. The molecular formula is C26H33Br2N3O4S. The smallest absolute Gasteiger partial charge is 0.276 e. The second-order valence-electron chi connectivity index (χ2n) is 9.19. The highest BCUT2D eigenvalue weighted by Crippen LogP contribution is 2.31. The van der Waals surface area contributed by atoms with E-state index < -0.39 is 11.8 Å². The number of hydrogen-bond acceptors (Lipinski definition) is 5. The first kappa shape index (κ1) is 30.1. The summed E-state index contributed by atoms with van der Waals surface area (Å²) in [5.74, 6) is 0.348. The van der Waals surface area contributed by atoms with Gasteiger partial charge in [0.05, 0.1) is 15.6 Å². The van der Waals surface area contributed by atoms with Crippen molar-refractivity contribution in [2.75, 3.05) is 13.2 Å². The van der Waals surface area contributed by atoms with Crippen molar-refractivity contribution in [3.63, 3.8) is 0 Å². The monoisotopic (exact) mass is 641 g/mol. The number of rotatable bonds is 10. The number of ether oxygens (including phenoxy) is 2. The molecule has 2 rings (SSSR count). The van der Waals surface area contributed by atoms with Gasteiger partial charge in [-0.05, 0) is 91.8 Å². The summed E-state index contributed by atoms with van der Waals surface area (Å²) in [6.07, 6.45) is 4.48. The summed E-state index contributed by atoms with van der Waals surface area (Å²) < 4.78 is 12.8. The van der Waals surface area contributed by atoms with Gasteiger partial charge in [-0.15, -0.1) is 0 Å². The molecule has 2 aromatic rings. The molecule has 0 radical (unpaired) electrons. The van der Waals surface area contributed by atoms with E-state index in [9.17, 15) is 9.59 Å². The molecule has 10 heteroatoms. The van der Waals surface area contributed by atoms with Gasteiger partial charge in [-0.25, -0.2) is 0 Å². The molecule has 0 saturated heterocycles. The summed E-state index contributed by atoms with van der Waals surface area (Å²) in [6.45, 7) is 8.92. The normalized spacial score (nSPS) is 10.9. The molecule has 0 atom stereocenters. The Labute approximate surface area is 235 Å². The summed E-state index contributed by atoms with van der Waals surface area (Å²) in [6, 6.07) is 10.8. The first-order valence-electron chi connectivity index (χ1n) is 11.8. The molecule has 0 bridgehead atoms. The minimum absolute atomic E-state index is 0.00224. The van der Waals surface area contributed by atoms with E-state index in [0.29, 0.717) is 28.1 Å². The third-order valence-electron chi connectivity index (χ3n) is 5.15. The molecule has 0 unspecified atom stereocenters. The molecule has 0 spiro atoms. The van der Waals surface area contributed by atoms with Gasteiger partial charge in [-0.1, -0.05) is 53.0 Å². The fraction of sp³-hybridized carbons (Fsp3) is 0.423. The summed E-state index contributed by atoms with van der Waals surface area (Å²) in [5.41, 5.74) is 6.45. The number of nitrogens with one attached hydrogen (secondary N) is 3. The van der Waals surface area contributed by atoms with Crippen LogP contribution in [-0.4, -0.2) is 30.1 Å². The number of hydrogen-bond donors (Lipinski definition) is 3. The lowest BCUT2D eigenvalue weighted by molar-refractivity contribution is -0.123. The van der Waals surface area contributed by atoms with Gasteiger partial charge in [-0.3, -0.25) is 25.8 Å². The van der Waals surface area contributed by atoms with Gasteiger partial charge in [0.25, 0.3) is 11.8 Å². The summed E-state index contributed by atoms with van der Waals surface area (Å²) >= 11 is 12.0. The largest absolute Gasteiger partial charge is 0.492 e. The van der Waals surface area contributed by atoms with Crippen LogP contribution in [0.25, 0.3) is 0 Å². The quantitative estimate of drug-likeness (QED) is 0.163. The fourth-order valence-electron chi connectivity index (χ4n) is 3.07. The fourth-order valence-corrected chi connectivity index (χ4v) is 4.20. The van der Waals surface area contributed by atoms with Crippen molar-refractivity contribution in [1.29, 1.82) is 0 Å². The van der Waals surface area contributed by atoms with Crippen LogP contribution in [0, 0.1) is 0 Å². The zero-order valence-electron chi connectivity index (χ0n) is 21.0. The average Bonchev–Trinajstić information content (AvgIpc) is 2.82. The molecule has 7 nitrogen and oxygen atoms in total. The Kier molecular flexibility index (Phi) is 12.1. The molecule has 196 valence electrons. The van der Waals surface area contributed by atoms with Crippen molar-refractivity contribution in [2.45, 2.75) is 58.8 Å². The number of thiocarbonyl (C=S) groups is 1. The van der Waals surface area contributed by atoms with Crippen LogP contribution in [0.3, 0.4) is 0 Å². The van der Waals surface area contributed by atoms with Gasteiger partial charge in [-0.2, -0.15) is 0 Å². The van der Waals surface area contributed by atoms with Crippen molar-refractivity contribution in [1.82, 2.24) is 16.2 Å². The maximum absolute atomic E-state index is 12.5. The van der Waals surface area contributed by atoms with Gasteiger partial charge in [0.2, 0.25) is 0 Å². The molecule has 2 aromatic carbocycles. The first-order chi connectivity index (χ1) is 17.0. The number of carbonyl (C=O) groups is 2. The minimum atomic E-state index is -0.457. The molecule has 0 fully saturated rings. The zero-order chi connectivity index (χ0) is 26.7. The van der Waals surface area contributed by atoms with Crippen molar-refractivity contribution in [2.24, 2.45) is 0 Å². The number of amides is 2. The van der Waals surface area contributed by atoms with Crippen molar-refractivity contribution in [3.05, 3.63) is 56.5 Å². The topological polar surface area (TPSA) is 88.7 Å². The Morgan fingerprint density at radius 1 is 0.917 bits per heavy atom. The van der Waals surface area contributed by atoms with E-state index in [0.717, 1.165) is 22.9 Å². The Balaban J connectivity index is 1.77. The molecule has 36 heavy (non-hydrogen) atoms. The Hall–Kier alpha value is -2.17. The lowest BCUT2D eigenvalue weighted by atomic mass is 9.87. The second-order valence-corrected chi connectivity index (χ2v) is 11.3. The number of hydrazine groups is 1. The van der Waals surface area contributed by atoms with E-state index in [1.54, 1.807) is 18.2 Å². The molecular weight excluding hydrogens is 610 g/mol. The third-order valence-corrected chi connectivity index (χ3v) is 6.59. The minimum Gasteiger partial charge on any atom is -0.492 e. The van der Waals surface area contributed by atoms with Crippen LogP contribution >= 0.6 is 44.1 Å². The average molecular weight is 643 g/mol. The van der Waals surface area contributed by atoms with E-state index in [-0.39, 0.29) is 17.1 Å². The standard InChI is InChI=1S/C26H33Br2N3O4S/c1-5-6-7-8-13-34-21-11-9-17(14-19(21)27)24(33)29-25(36)31-30-23(32)16-35-22-12-10-18(15-20(22)28)26(2,3)4/h9-12,14-15H,5-8,13,16H2,1-4H3,(H,30,32)(H2,29,31,33,36). The predicted octanol–water partition coefficient (Wildman–Crippen LogP) is 6.18. The molecule has 2 amide bonds. The molecule has 0 heterocycles. The van der Waals surface area contributed by atoms with E-state index in [1.165, 1.54) is 12.8 Å². The third kappa shape index (κ3) is 10.1. The molecule has 0 aliphatic heterocycles. The van der Waals surface area contributed by atoms with Crippen LogP contribution in [0.4, 0.5) is 0 Å². The van der Waals surface area contributed by atoms with Crippen LogP contribution in [0.2, 0.25) is 0 Å². The van der Waals surface area contributed by atoms with Crippen LogP contribution < -0.4 is 25.6 Å². The highest BCUT2D eigenvalue weighted by atomic mass is 79.9. The van der Waals surface area contributed by atoms with Gasteiger partial charge >= 0.3 is 0 Å². The maximum atomic E-state index is 12.5. The lowest BCUT2D eigenvalue weighted by Crippen LogP contribution is -2.49. The van der Waals surface area contributed by atoms with Crippen molar-refractivity contribution in [3.8, 4) is 11.5 Å². The molecule has 3 N–H and O–H groups in total. The lowest BCUT2D eigenvalue weighted by Gasteiger charge is -2.20. The zero-order valence-corrected chi connectivity index (χ0v) is 25.0. The predicted molar refractivity (Wildman–Crippen MR) is 153 cm³/mol. The van der Waals surface area contributed by atoms with Gasteiger partial charge < -0.3 is 9.47 Å². The van der Waals surface area contributed by atoms with Crippen LogP contribution in [0.15, 0.2) is 45.3 Å². The van der Waals surface area contributed by atoms with Gasteiger partial charge in [0.15, 0.2) is 11.7 Å². The van der Waals surface area contributed by atoms with Crippen LogP contribution in [0.1, 0.15) is 69.3 Å². The summed E-state index contributed by atoms with van der Waals surface area (Å²) in [4.78, 5) is 24.6. The van der Waals surface area contributed by atoms with E-state index in [2.05, 4.69) is 75.7 Å². The first-order valence-corrected chi connectivity index (χ1v) is 13.8. The van der Waals surface area contributed by atoms with E-state index in [4.69, 9.17) is 21.7 Å².